The number of nitrogens with zero attached hydrogens (tertiary/aromatic N) is 1. The van der Waals surface area contributed by atoms with Gasteiger partial charge in [0, 0.05) is 13.6 Å². The minimum Gasteiger partial charge on any atom is -0.388 e. The molecule has 0 atom stereocenters. The van der Waals surface area contributed by atoms with Gasteiger partial charge < -0.3 is 15.3 Å². The molecule has 0 bridgehead atoms. The Balaban J connectivity index is 1.78. The quantitative estimate of drug-likeness (QED) is 0.859. The first-order chi connectivity index (χ1) is 9.50. The van der Waals surface area contributed by atoms with Crippen LogP contribution in [0.15, 0.2) is 17.5 Å². The van der Waals surface area contributed by atoms with Crippen LogP contribution in [-0.2, 0) is 4.79 Å². The standard InChI is InChI=1S/C14H20N2O3S/c1-16(13(18)11-5-4-8-20-11)9-12(17)15-10-14(19)6-2-3-7-14/h4-5,8,19H,2-3,6-7,9-10H2,1H3,(H,15,17). The predicted octanol–water partition coefficient (Wildman–Crippen LogP) is 1.24. The number of hydrogen-bond acceptors (Lipinski definition) is 4. The van der Waals surface area contributed by atoms with E-state index in [1.807, 2.05) is 5.38 Å². The lowest BCUT2D eigenvalue weighted by atomic mass is 10.0. The number of hydrogen-bond donors (Lipinski definition) is 2. The van der Waals surface area contributed by atoms with Crippen molar-refractivity contribution < 1.29 is 14.7 Å². The molecule has 20 heavy (non-hydrogen) atoms. The van der Waals surface area contributed by atoms with Crippen molar-refractivity contribution in [1.82, 2.24) is 10.2 Å². The Morgan fingerprint density at radius 2 is 2.15 bits per heavy atom. The molecule has 0 radical (unpaired) electrons. The highest BCUT2D eigenvalue weighted by atomic mass is 32.1. The van der Waals surface area contributed by atoms with Gasteiger partial charge in [-0.1, -0.05) is 18.9 Å². The molecule has 0 spiro atoms. The molecule has 0 aliphatic heterocycles. The largest absolute Gasteiger partial charge is 0.388 e. The minimum absolute atomic E-state index is 0.00676. The summed E-state index contributed by atoms with van der Waals surface area (Å²) in [5, 5.41) is 14.7. The van der Waals surface area contributed by atoms with Crippen LogP contribution in [0, 0.1) is 0 Å². The monoisotopic (exact) mass is 296 g/mol. The second-order valence-electron chi connectivity index (χ2n) is 5.35. The Kier molecular flexibility index (Phi) is 4.77. The van der Waals surface area contributed by atoms with Crippen LogP contribution in [0.5, 0.6) is 0 Å². The number of likely N-dealkylation sites (N-methyl/N-ethyl adjacent to an activating group) is 1. The highest BCUT2D eigenvalue weighted by Gasteiger charge is 2.31. The molecule has 0 unspecified atom stereocenters. The summed E-state index contributed by atoms with van der Waals surface area (Å²) in [5.74, 6) is -0.396. The third-order valence-corrected chi connectivity index (χ3v) is 4.47. The molecule has 1 saturated carbocycles. The fourth-order valence-corrected chi connectivity index (χ4v) is 3.12. The summed E-state index contributed by atoms with van der Waals surface area (Å²) in [6.45, 7) is 0.277. The molecule has 6 heteroatoms. The molecule has 2 amide bonds. The number of amides is 2. The molecule has 2 rings (SSSR count). The van der Waals surface area contributed by atoms with Gasteiger partial charge in [-0.2, -0.15) is 0 Å². The van der Waals surface area contributed by atoms with E-state index in [0.29, 0.717) is 4.88 Å². The molecule has 1 aromatic heterocycles. The van der Waals surface area contributed by atoms with Crippen LogP contribution < -0.4 is 5.32 Å². The summed E-state index contributed by atoms with van der Waals surface area (Å²) in [6, 6.07) is 3.55. The second-order valence-corrected chi connectivity index (χ2v) is 6.29. The van der Waals surface area contributed by atoms with E-state index < -0.39 is 5.60 Å². The molecule has 0 aromatic carbocycles. The number of thiophene rings is 1. The van der Waals surface area contributed by atoms with Gasteiger partial charge in [-0.15, -0.1) is 11.3 Å². The average Bonchev–Trinajstić information content (AvgIpc) is 3.07. The van der Waals surface area contributed by atoms with E-state index in [0.717, 1.165) is 25.7 Å². The Morgan fingerprint density at radius 3 is 2.75 bits per heavy atom. The lowest BCUT2D eigenvalue weighted by Gasteiger charge is -2.23. The van der Waals surface area contributed by atoms with Crippen LogP contribution in [-0.4, -0.2) is 47.6 Å². The average molecular weight is 296 g/mol. The summed E-state index contributed by atoms with van der Waals surface area (Å²) in [6.07, 6.45) is 3.47. The van der Waals surface area contributed by atoms with E-state index in [2.05, 4.69) is 5.32 Å². The predicted molar refractivity (Wildman–Crippen MR) is 77.7 cm³/mol. The normalized spacial score (nSPS) is 16.9. The van der Waals surface area contributed by atoms with Gasteiger partial charge in [0.25, 0.3) is 5.91 Å². The van der Waals surface area contributed by atoms with Crippen molar-refractivity contribution in [3.8, 4) is 0 Å². The van der Waals surface area contributed by atoms with Crippen LogP contribution in [0.3, 0.4) is 0 Å². The van der Waals surface area contributed by atoms with Crippen molar-refractivity contribution in [3.63, 3.8) is 0 Å². The molecule has 1 fully saturated rings. The Morgan fingerprint density at radius 1 is 1.45 bits per heavy atom. The number of aliphatic hydroxyl groups is 1. The number of nitrogens with one attached hydrogen (secondary N) is 1. The van der Waals surface area contributed by atoms with Gasteiger partial charge in [-0.05, 0) is 24.3 Å². The molecule has 1 aliphatic carbocycles. The first-order valence-electron chi connectivity index (χ1n) is 6.78. The van der Waals surface area contributed by atoms with Gasteiger partial charge in [-0.25, -0.2) is 0 Å². The summed E-state index contributed by atoms with van der Waals surface area (Å²) in [4.78, 5) is 25.8. The molecular weight excluding hydrogens is 276 g/mol. The van der Waals surface area contributed by atoms with E-state index >= 15 is 0 Å². The number of carbonyl (C=O) groups is 2. The van der Waals surface area contributed by atoms with E-state index in [9.17, 15) is 14.7 Å². The summed E-state index contributed by atoms with van der Waals surface area (Å²) in [5.41, 5.74) is -0.758. The second kappa shape index (κ2) is 6.37. The molecule has 110 valence electrons. The van der Waals surface area contributed by atoms with Crippen molar-refractivity contribution in [2.45, 2.75) is 31.3 Å². The molecule has 0 saturated heterocycles. The smallest absolute Gasteiger partial charge is 0.264 e. The summed E-state index contributed by atoms with van der Waals surface area (Å²) < 4.78 is 0. The molecule has 1 aliphatic rings. The van der Waals surface area contributed by atoms with Crippen LogP contribution in [0.1, 0.15) is 35.4 Å². The minimum atomic E-state index is -0.758. The fraction of sp³-hybridized carbons (Fsp3) is 0.571. The van der Waals surface area contributed by atoms with Gasteiger partial charge in [0.05, 0.1) is 17.0 Å². The van der Waals surface area contributed by atoms with Crippen molar-refractivity contribution in [2.75, 3.05) is 20.1 Å². The van der Waals surface area contributed by atoms with Crippen LogP contribution >= 0.6 is 11.3 Å². The molecule has 5 nitrogen and oxygen atoms in total. The van der Waals surface area contributed by atoms with E-state index in [4.69, 9.17) is 0 Å². The molecule has 1 aromatic rings. The maximum atomic E-state index is 12.0. The maximum Gasteiger partial charge on any atom is 0.264 e. The van der Waals surface area contributed by atoms with Gasteiger partial charge in [-0.3, -0.25) is 9.59 Å². The number of rotatable bonds is 5. The first-order valence-corrected chi connectivity index (χ1v) is 7.66. The maximum absolute atomic E-state index is 12.0. The van der Waals surface area contributed by atoms with Crippen LogP contribution in [0.4, 0.5) is 0 Å². The zero-order chi connectivity index (χ0) is 14.6. The summed E-state index contributed by atoms with van der Waals surface area (Å²) in [7, 11) is 1.60. The molecular formula is C14H20N2O3S. The zero-order valence-electron chi connectivity index (χ0n) is 11.6. The van der Waals surface area contributed by atoms with E-state index in [1.165, 1.54) is 16.2 Å². The molecule has 1 heterocycles. The van der Waals surface area contributed by atoms with Crippen molar-refractivity contribution >= 4 is 23.2 Å². The Labute approximate surface area is 122 Å². The lowest BCUT2D eigenvalue weighted by molar-refractivity contribution is -0.122. The topological polar surface area (TPSA) is 69.6 Å². The van der Waals surface area contributed by atoms with Crippen molar-refractivity contribution in [2.24, 2.45) is 0 Å². The third kappa shape index (κ3) is 3.80. The highest BCUT2D eigenvalue weighted by molar-refractivity contribution is 7.12. The number of carbonyl (C=O) groups excluding carboxylic acids is 2. The van der Waals surface area contributed by atoms with Gasteiger partial charge in [0.15, 0.2) is 0 Å². The molecule has 2 N–H and O–H groups in total. The third-order valence-electron chi connectivity index (χ3n) is 3.61. The van der Waals surface area contributed by atoms with Gasteiger partial charge in [0.1, 0.15) is 0 Å². The van der Waals surface area contributed by atoms with Crippen molar-refractivity contribution in [3.05, 3.63) is 22.4 Å². The fourth-order valence-electron chi connectivity index (χ4n) is 2.40. The van der Waals surface area contributed by atoms with Gasteiger partial charge >= 0.3 is 0 Å². The summed E-state index contributed by atoms with van der Waals surface area (Å²) >= 11 is 1.36. The van der Waals surface area contributed by atoms with E-state index in [1.54, 1.807) is 19.2 Å². The highest BCUT2D eigenvalue weighted by Crippen LogP contribution is 2.28. The van der Waals surface area contributed by atoms with Crippen LogP contribution in [0.2, 0.25) is 0 Å². The van der Waals surface area contributed by atoms with E-state index in [-0.39, 0.29) is 24.9 Å². The Hall–Kier alpha value is -1.40. The van der Waals surface area contributed by atoms with Gasteiger partial charge in [0.2, 0.25) is 5.91 Å². The zero-order valence-corrected chi connectivity index (χ0v) is 12.4. The van der Waals surface area contributed by atoms with Crippen molar-refractivity contribution in [1.29, 1.82) is 0 Å². The SMILES string of the molecule is CN(CC(=O)NCC1(O)CCCC1)C(=O)c1cccs1. The van der Waals surface area contributed by atoms with Crippen LogP contribution in [0.25, 0.3) is 0 Å². The first kappa shape index (κ1) is 15.0. The lowest BCUT2D eigenvalue weighted by Crippen LogP contribution is -2.45. The Bertz CT molecular complexity index is 467.